The zero-order valence-corrected chi connectivity index (χ0v) is 11.4. The van der Waals surface area contributed by atoms with E-state index in [0.29, 0.717) is 16.5 Å². The van der Waals surface area contributed by atoms with Gasteiger partial charge in [-0.2, -0.15) is 9.62 Å². The van der Waals surface area contributed by atoms with E-state index in [0.717, 1.165) is 11.3 Å². The van der Waals surface area contributed by atoms with E-state index in [1.807, 2.05) is 37.3 Å². The maximum absolute atomic E-state index is 5.85. The van der Waals surface area contributed by atoms with Crippen LogP contribution in [0, 0.1) is 0 Å². The second-order valence-electron chi connectivity index (χ2n) is 4.17. The van der Waals surface area contributed by atoms with Crippen molar-refractivity contribution in [3.8, 4) is 0 Å². The molecule has 20 heavy (non-hydrogen) atoms. The molecular formula is C13H11ClN6. The van der Waals surface area contributed by atoms with Crippen LogP contribution in [0.3, 0.4) is 0 Å². The smallest absolute Gasteiger partial charge is 0.177 e. The standard InChI is InChI=1S/C13H11ClN6/c1-9(10-2-4-11(14)5-3-10)16-17-12-6-7-13-18-15-8-20(13)19-12/h2-8H,1H3,(H,17,19)/b16-9-. The Bertz CT molecular complexity index is 762. The van der Waals surface area contributed by atoms with Gasteiger partial charge in [0.15, 0.2) is 11.5 Å². The predicted octanol–water partition coefficient (Wildman–Crippen LogP) is 2.61. The third-order valence-corrected chi connectivity index (χ3v) is 3.01. The predicted molar refractivity (Wildman–Crippen MR) is 78.1 cm³/mol. The zero-order chi connectivity index (χ0) is 13.9. The maximum Gasteiger partial charge on any atom is 0.177 e. The first-order chi connectivity index (χ1) is 9.72. The SMILES string of the molecule is C/C(=N/Nc1ccc2nncn2n1)c1ccc(Cl)cc1. The Kier molecular flexibility index (Phi) is 3.30. The van der Waals surface area contributed by atoms with Gasteiger partial charge < -0.3 is 0 Å². The van der Waals surface area contributed by atoms with Crippen LogP contribution in [-0.4, -0.2) is 25.5 Å². The number of fused-ring (bicyclic) bond motifs is 1. The van der Waals surface area contributed by atoms with Crippen LogP contribution in [0.2, 0.25) is 5.02 Å². The zero-order valence-electron chi connectivity index (χ0n) is 10.7. The summed E-state index contributed by atoms with van der Waals surface area (Å²) in [6, 6.07) is 11.1. The van der Waals surface area contributed by atoms with E-state index < -0.39 is 0 Å². The fourth-order valence-corrected chi connectivity index (χ4v) is 1.81. The van der Waals surface area contributed by atoms with Gasteiger partial charge in [-0.25, -0.2) is 0 Å². The number of hydrogen-bond acceptors (Lipinski definition) is 5. The van der Waals surface area contributed by atoms with Gasteiger partial charge in [-0.05, 0) is 36.8 Å². The van der Waals surface area contributed by atoms with Crippen molar-refractivity contribution in [1.29, 1.82) is 0 Å². The Balaban J connectivity index is 1.80. The molecular weight excluding hydrogens is 276 g/mol. The number of benzene rings is 1. The Morgan fingerprint density at radius 1 is 1.20 bits per heavy atom. The lowest BCUT2D eigenvalue weighted by molar-refractivity contribution is 0.924. The molecule has 0 amide bonds. The van der Waals surface area contributed by atoms with Crippen molar-refractivity contribution in [3.05, 3.63) is 53.3 Å². The lowest BCUT2D eigenvalue weighted by atomic mass is 10.1. The fourth-order valence-electron chi connectivity index (χ4n) is 1.68. The van der Waals surface area contributed by atoms with E-state index in [9.17, 15) is 0 Å². The van der Waals surface area contributed by atoms with Gasteiger partial charge in [0.2, 0.25) is 0 Å². The quantitative estimate of drug-likeness (QED) is 0.594. The molecule has 0 fully saturated rings. The molecule has 0 saturated carbocycles. The molecule has 3 rings (SSSR count). The van der Waals surface area contributed by atoms with Gasteiger partial charge in [0.25, 0.3) is 0 Å². The van der Waals surface area contributed by atoms with Gasteiger partial charge in [0, 0.05) is 5.02 Å². The molecule has 2 aromatic heterocycles. The van der Waals surface area contributed by atoms with Crippen LogP contribution in [0.15, 0.2) is 47.8 Å². The van der Waals surface area contributed by atoms with Crippen molar-refractivity contribution in [2.45, 2.75) is 6.92 Å². The summed E-state index contributed by atoms with van der Waals surface area (Å²) >= 11 is 5.85. The Morgan fingerprint density at radius 3 is 2.80 bits per heavy atom. The van der Waals surface area contributed by atoms with Crippen molar-refractivity contribution >= 4 is 28.8 Å². The van der Waals surface area contributed by atoms with Gasteiger partial charge in [0.1, 0.15) is 6.33 Å². The molecule has 7 heteroatoms. The van der Waals surface area contributed by atoms with Gasteiger partial charge in [-0.15, -0.1) is 15.3 Å². The molecule has 0 aliphatic carbocycles. The van der Waals surface area contributed by atoms with Crippen LogP contribution in [0.5, 0.6) is 0 Å². The highest BCUT2D eigenvalue weighted by molar-refractivity contribution is 6.30. The van der Waals surface area contributed by atoms with Crippen LogP contribution < -0.4 is 5.43 Å². The van der Waals surface area contributed by atoms with Gasteiger partial charge in [0.05, 0.1) is 5.71 Å². The molecule has 3 aromatic rings. The lowest BCUT2D eigenvalue weighted by Gasteiger charge is -2.03. The summed E-state index contributed by atoms with van der Waals surface area (Å²) in [5.41, 5.74) is 5.43. The largest absolute Gasteiger partial charge is 0.260 e. The van der Waals surface area contributed by atoms with Gasteiger partial charge >= 0.3 is 0 Å². The van der Waals surface area contributed by atoms with Gasteiger partial charge in [-0.3, -0.25) is 5.43 Å². The second kappa shape index (κ2) is 5.26. The van der Waals surface area contributed by atoms with E-state index in [4.69, 9.17) is 11.6 Å². The van der Waals surface area contributed by atoms with E-state index in [-0.39, 0.29) is 0 Å². The third kappa shape index (κ3) is 2.60. The highest BCUT2D eigenvalue weighted by atomic mass is 35.5. The number of hydrogen-bond donors (Lipinski definition) is 1. The highest BCUT2D eigenvalue weighted by Crippen LogP contribution is 2.11. The summed E-state index contributed by atoms with van der Waals surface area (Å²) in [4.78, 5) is 0. The fraction of sp³-hybridized carbons (Fsp3) is 0.0769. The molecule has 0 spiro atoms. The topological polar surface area (TPSA) is 67.5 Å². The minimum Gasteiger partial charge on any atom is -0.260 e. The molecule has 0 bridgehead atoms. The first-order valence-corrected chi connectivity index (χ1v) is 6.33. The molecule has 100 valence electrons. The van der Waals surface area contributed by atoms with Crippen LogP contribution in [-0.2, 0) is 0 Å². The normalized spacial score (nSPS) is 11.8. The molecule has 0 radical (unpaired) electrons. The molecule has 0 atom stereocenters. The average Bonchev–Trinajstić information content (AvgIpc) is 2.93. The van der Waals surface area contributed by atoms with Crippen LogP contribution in [0.4, 0.5) is 5.82 Å². The highest BCUT2D eigenvalue weighted by Gasteiger charge is 2.00. The van der Waals surface area contributed by atoms with E-state index in [2.05, 4.69) is 25.8 Å². The first-order valence-electron chi connectivity index (χ1n) is 5.96. The first kappa shape index (κ1) is 12.6. The van der Waals surface area contributed by atoms with Crippen LogP contribution in [0.1, 0.15) is 12.5 Å². The number of hydrazone groups is 1. The molecule has 0 aliphatic rings. The molecule has 0 aliphatic heterocycles. The van der Waals surface area contributed by atoms with Crippen LogP contribution >= 0.6 is 11.6 Å². The molecule has 2 heterocycles. The van der Waals surface area contributed by atoms with Crippen molar-refractivity contribution in [1.82, 2.24) is 19.8 Å². The van der Waals surface area contributed by atoms with Gasteiger partial charge in [-0.1, -0.05) is 23.7 Å². The average molecular weight is 287 g/mol. The molecule has 1 N–H and O–H groups in total. The lowest BCUT2D eigenvalue weighted by Crippen LogP contribution is -2.02. The number of aromatic nitrogens is 4. The van der Waals surface area contributed by atoms with Crippen LogP contribution in [0.25, 0.3) is 5.65 Å². The summed E-state index contributed by atoms with van der Waals surface area (Å²) in [6.45, 7) is 1.91. The number of nitrogens with one attached hydrogen (secondary N) is 1. The Labute approximate surface area is 120 Å². The summed E-state index contributed by atoms with van der Waals surface area (Å²) in [6.07, 6.45) is 1.54. The summed E-state index contributed by atoms with van der Waals surface area (Å²) in [7, 11) is 0. The second-order valence-corrected chi connectivity index (χ2v) is 4.60. The minimum atomic E-state index is 0.616. The van der Waals surface area contributed by atoms with Crippen molar-refractivity contribution in [3.63, 3.8) is 0 Å². The molecule has 6 nitrogen and oxygen atoms in total. The molecule has 0 unspecified atom stereocenters. The summed E-state index contributed by atoms with van der Waals surface area (Å²) < 4.78 is 1.58. The Hall–Kier alpha value is -2.47. The number of nitrogens with zero attached hydrogens (tertiary/aromatic N) is 5. The minimum absolute atomic E-state index is 0.616. The summed E-state index contributed by atoms with van der Waals surface area (Å²) in [5.74, 6) is 0.616. The summed E-state index contributed by atoms with van der Waals surface area (Å²) in [5, 5.41) is 16.9. The molecule has 1 aromatic carbocycles. The van der Waals surface area contributed by atoms with Crippen molar-refractivity contribution in [2.75, 3.05) is 5.43 Å². The monoisotopic (exact) mass is 286 g/mol. The van der Waals surface area contributed by atoms with E-state index in [1.54, 1.807) is 10.6 Å². The maximum atomic E-state index is 5.85. The van der Waals surface area contributed by atoms with E-state index >= 15 is 0 Å². The molecule has 0 saturated heterocycles. The van der Waals surface area contributed by atoms with Crippen molar-refractivity contribution in [2.24, 2.45) is 5.10 Å². The number of halogens is 1. The van der Waals surface area contributed by atoms with Crippen molar-refractivity contribution < 1.29 is 0 Å². The number of rotatable bonds is 3. The van der Waals surface area contributed by atoms with E-state index in [1.165, 1.54) is 6.33 Å². The third-order valence-electron chi connectivity index (χ3n) is 2.76. The number of anilines is 1. The Morgan fingerprint density at radius 2 is 2.00 bits per heavy atom.